The van der Waals surface area contributed by atoms with E-state index in [9.17, 15) is 0 Å². The molecule has 1 aliphatic heterocycles. The lowest BCUT2D eigenvalue weighted by atomic mass is 10.0. The molecule has 0 bridgehead atoms. The molecule has 1 saturated heterocycles. The second-order valence-electron chi connectivity index (χ2n) is 3.47. The Morgan fingerprint density at radius 2 is 2.18 bits per heavy atom. The van der Waals surface area contributed by atoms with Crippen molar-refractivity contribution in [3.8, 4) is 0 Å². The van der Waals surface area contributed by atoms with E-state index in [0.29, 0.717) is 0 Å². The number of likely N-dealkylation sites (tertiary alicyclic amines) is 1. The van der Waals surface area contributed by atoms with Crippen LogP contribution in [0.2, 0.25) is 0 Å². The van der Waals surface area contributed by atoms with Gasteiger partial charge in [0.05, 0.1) is 0 Å². The Morgan fingerprint density at radius 1 is 1.36 bits per heavy atom. The highest BCUT2D eigenvalue weighted by molar-refractivity contribution is 4.69. The SMILES string of the molecule is CCN1CCCC(CN)CC1. The Labute approximate surface area is 69.8 Å². The van der Waals surface area contributed by atoms with E-state index in [1.54, 1.807) is 0 Å². The van der Waals surface area contributed by atoms with Crippen molar-refractivity contribution in [2.24, 2.45) is 11.7 Å². The van der Waals surface area contributed by atoms with Crippen LogP contribution in [0.5, 0.6) is 0 Å². The fraction of sp³-hybridized carbons (Fsp3) is 1.00. The third kappa shape index (κ3) is 2.80. The van der Waals surface area contributed by atoms with E-state index in [0.717, 1.165) is 12.5 Å². The molecular weight excluding hydrogens is 136 g/mol. The molecule has 2 nitrogen and oxygen atoms in total. The van der Waals surface area contributed by atoms with Gasteiger partial charge in [-0.3, -0.25) is 0 Å². The van der Waals surface area contributed by atoms with E-state index in [1.807, 2.05) is 0 Å². The third-order valence-electron chi connectivity index (χ3n) is 2.72. The maximum Gasteiger partial charge on any atom is -0.00157 e. The summed E-state index contributed by atoms with van der Waals surface area (Å²) in [7, 11) is 0. The van der Waals surface area contributed by atoms with Crippen molar-refractivity contribution in [1.82, 2.24) is 4.90 Å². The summed E-state index contributed by atoms with van der Waals surface area (Å²) in [5, 5.41) is 0. The predicted molar refractivity (Wildman–Crippen MR) is 48.5 cm³/mol. The first-order valence-electron chi connectivity index (χ1n) is 4.79. The van der Waals surface area contributed by atoms with Gasteiger partial charge in [-0.25, -0.2) is 0 Å². The van der Waals surface area contributed by atoms with Crippen LogP contribution in [-0.2, 0) is 0 Å². The summed E-state index contributed by atoms with van der Waals surface area (Å²) in [6.45, 7) is 6.88. The van der Waals surface area contributed by atoms with E-state index < -0.39 is 0 Å². The number of nitrogens with two attached hydrogens (primary N) is 1. The highest BCUT2D eigenvalue weighted by atomic mass is 15.1. The summed E-state index contributed by atoms with van der Waals surface area (Å²) in [4.78, 5) is 2.52. The highest BCUT2D eigenvalue weighted by Gasteiger charge is 2.13. The molecule has 1 atom stereocenters. The molecule has 2 N–H and O–H groups in total. The standard InChI is InChI=1S/C9H20N2/c1-2-11-6-3-4-9(8-10)5-7-11/h9H,2-8,10H2,1H3. The molecule has 0 radical (unpaired) electrons. The molecule has 11 heavy (non-hydrogen) atoms. The van der Waals surface area contributed by atoms with Gasteiger partial charge in [-0.2, -0.15) is 0 Å². The molecule has 0 aliphatic carbocycles. The molecule has 0 aromatic rings. The number of nitrogens with zero attached hydrogens (tertiary/aromatic N) is 1. The smallest absolute Gasteiger partial charge is 0.00157 e. The first kappa shape index (κ1) is 9.01. The molecule has 1 unspecified atom stereocenters. The van der Waals surface area contributed by atoms with Crippen LogP contribution < -0.4 is 5.73 Å². The van der Waals surface area contributed by atoms with Crippen LogP contribution in [0.1, 0.15) is 26.2 Å². The number of hydrogen-bond donors (Lipinski definition) is 1. The molecule has 2 heteroatoms. The van der Waals surface area contributed by atoms with Crippen molar-refractivity contribution in [3.63, 3.8) is 0 Å². The van der Waals surface area contributed by atoms with Crippen LogP contribution >= 0.6 is 0 Å². The fourth-order valence-corrected chi connectivity index (χ4v) is 1.78. The quantitative estimate of drug-likeness (QED) is 0.648. The summed E-state index contributed by atoms with van der Waals surface area (Å²) in [6.07, 6.45) is 3.99. The fourth-order valence-electron chi connectivity index (χ4n) is 1.78. The summed E-state index contributed by atoms with van der Waals surface area (Å²) in [5.74, 6) is 0.798. The zero-order valence-corrected chi connectivity index (χ0v) is 7.55. The van der Waals surface area contributed by atoms with E-state index in [4.69, 9.17) is 5.73 Å². The highest BCUT2D eigenvalue weighted by Crippen LogP contribution is 2.15. The number of hydrogen-bond acceptors (Lipinski definition) is 2. The van der Waals surface area contributed by atoms with E-state index in [2.05, 4.69) is 11.8 Å². The van der Waals surface area contributed by atoms with Crippen LogP contribution in [0.3, 0.4) is 0 Å². The minimum absolute atomic E-state index is 0.798. The van der Waals surface area contributed by atoms with Crippen LogP contribution in [0.15, 0.2) is 0 Å². The summed E-state index contributed by atoms with van der Waals surface area (Å²) in [5.41, 5.74) is 5.64. The molecule has 0 saturated carbocycles. The van der Waals surface area contributed by atoms with Crippen molar-refractivity contribution < 1.29 is 0 Å². The van der Waals surface area contributed by atoms with E-state index >= 15 is 0 Å². The van der Waals surface area contributed by atoms with Gasteiger partial charge in [0.15, 0.2) is 0 Å². The van der Waals surface area contributed by atoms with Crippen molar-refractivity contribution in [2.75, 3.05) is 26.2 Å². The third-order valence-corrected chi connectivity index (χ3v) is 2.72. The average molecular weight is 156 g/mol. The molecule has 0 spiro atoms. The minimum atomic E-state index is 0.798. The molecule has 1 fully saturated rings. The molecule has 0 amide bonds. The Hall–Kier alpha value is -0.0800. The zero-order chi connectivity index (χ0) is 8.10. The Morgan fingerprint density at radius 3 is 2.82 bits per heavy atom. The second kappa shape index (κ2) is 4.73. The van der Waals surface area contributed by atoms with Gasteiger partial charge in [0.2, 0.25) is 0 Å². The normalized spacial score (nSPS) is 28.4. The van der Waals surface area contributed by atoms with Gasteiger partial charge in [0.1, 0.15) is 0 Å². The van der Waals surface area contributed by atoms with Gasteiger partial charge in [-0.15, -0.1) is 0 Å². The Kier molecular flexibility index (Phi) is 3.87. The molecule has 0 aromatic carbocycles. The Balaban J connectivity index is 2.27. The molecule has 1 heterocycles. The van der Waals surface area contributed by atoms with Crippen LogP contribution in [0.25, 0.3) is 0 Å². The van der Waals surface area contributed by atoms with Crippen molar-refractivity contribution in [2.45, 2.75) is 26.2 Å². The van der Waals surface area contributed by atoms with E-state index in [-0.39, 0.29) is 0 Å². The van der Waals surface area contributed by atoms with Crippen molar-refractivity contribution >= 4 is 0 Å². The van der Waals surface area contributed by atoms with Gasteiger partial charge < -0.3 is 10.6 Å². The maximum atomic E-state index is 5.64. The molecule has 1 rings (SSSR count). The molecule has 66 valence electrons. The number of rotatable bonds is 2. The predicted octanol–water partition coefficient (Wildman–Crippen LogP) is 1.07. The topological polar surface area (TPSA) is 29.3 Å². The average Bonchev–Trinajstić information content (AvgIpc) is 2.28. The zero-order valence-electron chi connectivity index (χ0n) is 7.55. The largest absolute Gasteiger partial charge is 0.330 e. The Bertz CT molecular complexity index is 91.7. The molecule has 1 aliphatic rings. The van der Waals surface area contributed by atoms with E-state index in [1.165, 1.54) is 38.9 Å². The van der Waals surface area contributed by atoms with Gasteiger partial charge in [-0.05, 0) is 51.4 Å². The lowest BCUT2D eigenvalue weighted by molar-refractivity contribution is 0.296. The summed E-state index contributed by atoms with van der Waals surface area (Å²) in [6, 6.07) is 0. The first-order chi connectivity index (χ1) is 5.36. The second-order valence-corrected chi connectivity index (χ2v) is 3.47. The van der Waals surface area contributed by atoms with Gasteiger partial charge in [0.25, 0.3) is 0 Å². The molecule has 0 aromatic heterocycles. The maximum absolute atomic E-state index is 5.64. The summed E-state index contributed by atoms with van der Waals surface area (Å²) < 4.78 is 0. The van der Waals surface area contributed by atoms with Gasteiger partial charge in [0, 0.05) is 0 Å². The van der Waals surface area contributed by atoms with Crippen molar-refractivity contribution in [3.05, 3.63) is 0 Å². The van der Waals surface area contributed by atoms with Gasteiger partial charge >= 0.3 is 0 Å². The summed E-state index contributed by atoms with van der Waals surface area (Å²) >= 11 is 0. The lowest BCUT2D eigenvalue weighted by Gasteiger charge is -2.16. The van der Waals surface area contributed by atoms with Crippen LogP contribution in [0, 0.1) is 5.92 Å². The van der Waals surface area contributed by atoms with Gasteiger partial charge in [-0.1, -0.05) is 6.92 Å². The first-order valence-corrected chi connectivity index (χ1v) is 4.79. The van der Waals surface area contributed by atoms with Crippen LogP contribution in [-0.4, -0.2) is 31.1 Å². The van der Waals surface area contributed by atoms with Crippen molar-refractivity contribution in [1.29, 1.82) is 0 Å². The molecular formula is C9H20N2. The van der Waals surface area contributed by atoms with Crippen LogP contribution in [0.4, 0.5) is 0 Å². The lowest BCUT2D eigenvalue weighted by Crippen LogP contribution is -2.24. The minimum Gasteiger partial charge on any atom is -0.330 e. The monoisotopic (exact) mass is 156 g/mol.